The van der Waals surface area contributed by atoms with E-state index in [1.165, 1.54) is 12.3 Å². The number of carbonyl (C=O) groups is 1. The predicted molar refractivity (Wildman–Crippen MR) is 56.9 cm³/mol. The normalized spacial score (nSPS) is 16.7. The number of hydrogen-bond donors (Lipinski definition) is 4. The fourth-order valence-electron chi connectivity index (χ4n) is 1.07. The number of nitrogens with one attached hydrogen (secondary N) is 2. The van der Waals surface area contributed by atoms with Crippen molar-refractivity contribution in [2.75, 3.05) is 0 Å². The SMILES string of the molecule is N/C=C(/C(=O)O)C(=NC1=CNNC=C1)C(F)(F)F. The summed E-state index contributed by atoms with van der Waals surface area (Å²) in [5, 5.41) is 8.64. The van der Waals surface area contributed by atoms with Crippen molar-refractivity contribution >= 4 is 11.7 Å². The first-order chi connectivity index (χ1) is 8.36. The lowest BCUT2D eigenvalue weighted by Gasteiger charge is -2.12. The molecule has 6 nitrogen and oxygen atoms in total. The Labute approximate surface area is 99.3 Å². The number of hydrogen-bond acceptors (Lipinski definition) is 5. The van der Waals surface area contributed by atoms with Crippen LogP contribution in [0.4, 0.5) is 13.2 Å². The number of carboxylic acid groups (broad SMARTS) is 1. The Kier molecular flexibility index (Phi) is 3.97. The Morgan fingerprint density at radius 1 is 1.44 bits per heavy atom. The second-order valence-corrected chi connectivity index (χ2v) is 3.03. The van der Waals surface area contributed by atoms with Crippen molar-refractivity contribution in [3.8, 4) is 0 Å². The molecule has 1 aliphatic rings. The highest BCUT2D eigenvalue weighted by atomic mass is 19.4. The van der Waals surface area contributed by atoms with Crippen molar-refractivity contribution in [2.45, 2.75) is 6.18 Å². The second kappa shape index (κ2) is 5.25. The van der Waals surface area contributed by atoms with Crippen molar-refractivity contribution in [2.24, 2.45) is 10.7 Å². The van der Waals surface area contributed by atoms with Gasteiger partial charge >= 0.3 is 12.1 Å². The Morgan fingerprint density at radius 2 is 2.11 bits per heavy atom. The molecular weight excluding hydrogens is 253 g/mol. The third-order valence-corrected chi connectivity index (χ3v) is 1.80. The molecule has 0 aromatic heterocycles. The fraction of sp³-hybridized carbons (Fsp3) is 0.111. The molecule has 0 spiro atoms. The lowest BCUT2D eigenvalue weighted by atomic mass is 10.1. The number of carboxylic acids is 1. The highest BCUT2D eigenvalue weighted by Gasteiger charge is 2.40. The third kappa shape index (κ3) is 3.27. The van der Waals surface area contributed by atoms with Gasteiger partial charge in [0.25, 0.3) is 0 Å². The smallest absolute Gasteiger partial charge is 0.434 e. The minimum Gasteiger partial charge on any atom is -0.478 e. The molecule has 1 rings (SSSR count). The van der Waals surface area contributed by atoms with E-state index < -0.39 is 23.4 Å². The molecule has 0 saturated carbocycles. The van der Waals surface area contributed by atoms with E-state index in [-0.39, 0.29) is 5.70 Å². The number of rotatable bonds is 3. The van der Waals surface area contributed by atoms with Gasteiger partial charge in [-0.05, 0) is 6.08 Å². The van der Waals surface area contributed by atoms with Gasteiger partial charge in [0.05, 0.1) is 5.70 Å². The summed E-state index contributed by atoms with van der Waals surface area (Å²) in [5.74, 6) is -1.81. The van der Waals surface area contributed by atoms with Crippen LogP contribution < -0.4 is 16.6 Å². The molecule has 0 aliphatic carbocycles. The largest absolute Gasteiger partial charge is 0.478 e. The summed E-state index contributed by atoms with van der Waals surface area (Å²) in [6.07, 6.45) is -0.893. The molecule has 0 unspecified atom stereocenters. The predicted octanol–water partition coefficient (Wildman–Crippen LogP) is 0.380. The molecule has 0 aromatic rings. The monoisotopic (exact) mass is 262 g/mol. The summed E-state index contributed by atoms with van der Waals surface area (Å²) in [7, 11) is 0. The summed E-state index contributed by atoms with van der Waals surface area (Å²) in [6.45, 7) is 0. The van der Waals surface area contributed by atoms with Gasteiger partial charge in [-0.3, -0.25) is 0 Å². The second-order valence-electron chi connectivity index (χ2n) is 3.03. The maximum atomic E-state index is 12.7. The molecule has 0 radical (unpaired) electrons. The minimum absolute atomic E-state index is 0.0957. The molecule has 18 heavy (non-hydrogen) atoms. The van der Waals surface area contributed by atoms with E-state index in [0.717, 1.165) is 6.20 Å². The van der Waals surface area contributed by atoms with Crippen LogP contribution in [0.25, 0.3) is 0 Å². The van der Waals surface area contributed by atoms with Crippen LogP contribution >= 0.6 is 0 Å². The highest BCUT2D eigenvalue weighted by Crippen LogP contribution is 2.24. The zero-order valence-electron chi connectivity index (χ0n) is 8.82. The van der Waals surface area contributed by atoms with Gasteiger partial charge in [0.15, 0.2) is 5.71 Å². The summed E-state index contributed by atoms with van der Waals surface area (Å²) in [5.41, 5.74) is 6.99. The number of nitrogens with zero attached hydrogens (tertiary/aromatic N) is 1. The van der Waals surface area contributed by atoms with Crippen molar-refractivity contribution in [3.05, 3.63) is 35.9 Å². The van der Waals surface area contributed by atoms with Crippen LogP contribution in [0, 0.1) is 0 Å². The lowest BCUT2D eigenvalue weighted by Crippen LogP contribution is -2.30. The van der Waals surface area contributed by atoms with Crippen LogP contribution in [0.1, 0.15) is 0 Å². The Bertz CT molecular complexity index is 463. The van der Waals surface area contributed by atoms with E-state index in [2.05, 4.69) is 15.8 Å². The number of aliphatic imine (C=N–C) groups is 1. The molecule has 0 fully saturated rings. The molecule has 98 valence electrons. The van der Waals surface area contributed by atoms with Crippen LogP contribution in [0.2, 0.25) is 0 Å². The topological polar surface area (TPSA) is 99.7 Å². The van der Waals surface area contributed by atoms with Gasteiger partial charge in [-0.2, -0.15) is 13.2 Å². The van der Waals surface area contributed by atoms with E-state index >= 15 is 0 Å². The highest BCUT2D eigenvalue weighted by molar-refractivity contribution is 6.21. The van der Waals surface area contributed by atoms with E-state index in [9.17, 15) is 18.0 Å². The van der Waals surface area contributed by atoms with Crippen molar-refractivity contribution < 1.29 is 23.1 Å². The van der Waals surface area contributed by atoms with Crippen LogP contribution in [-0.2, 0) is 4.79 Å². The van der Waals surface area contributed by atoms with E-state index in [4.69, 9.17) is 10.8 Å². The quantitative estimate of drug-likeness (QED) is 0.435. The van der Waals surface area contributed by atoms with Gasteiger partial charge in [-0.25, -0.2) is 9.79 Å². The van der Waals surface area contributed by atoms with Gasteiger partial charge < -0.3 is 21.7 Å². The molecule has 0 aromatic carbocycles. The molecule has 0 amide bonds. The van der Waals surface area contributed by atoms with E-state index in [1.807, 2.05) is 0 Å². The van der Waals surface area contributed by atoms with Crippen LogP contribution in [0.3, 0.4) is 0 Å². The standard InChI is InChI=1S/C9H9F3N4O2/c10-9(11,12)7(6(3-13)8(17)18)16-5-1-2-14-15-4-5/h1-4,14-15H,13H2,(H,17,18)/b6-3+,16-7?. The van der Waals surface area contributed by atoms with Gasteiger partial charge in [0, 0.05) is 18.6 Å². The Morgan fingerprint density at radius 3 is 2.50 bits per heavy atom. The first-order valence-electron chi connectivity index (χ1n) is 4.55. The zero-order valence-corrected chi connectivity index (χ0v) is 8.82. The fourth-order valence-corrected chi connectivity index (χ4v) is 1.07. The molecule has 1 aliphatic heterocycles. The van der Waals surface area contributed by atoms with Crippen LogP contribution in [0.15, 0.2) is 40.9 Å². The maximum absolute atomic E-state index is 12.7. The minimum atomic E-state index is -4.93. The van der Waals surface area contributed by atoms with E-state index in [0.29, 0.717) is 6.20 Å². The third-order valence-electron chi connectivity index (χ3n) is 1.80. The summed E-state index contributed by atoms with van der Waals surface area (Å²) in [6, 6.07) is 0. The number of aliphatic carboxylic acids is 1. The Balaban J connectivity index is 3.22. The van der Waals surface area contributed by atoms with Crippen LogP contribution in [-0.4, -0.2) is 23.0 Å². The number of halogens is 3. The number of alkyl halides is 3. The van der Waals surface area contributed by atoms with Crippen LogP contribution in [0.5, 0.6) is 0 Å². The van der Waals surface area contributed by atoms with Crippen molar-refractivity contribution in [1.29, 1.82) is 0 Å². The first kappa shape index (κ1) is 13.6. The van der Waals surface area contributed by atoms with Gasteiger partial charge in [0.1, 0.15) is 5.57 Å². The maximum Gasteiger partial charge on any atom is 0.434 e. The summed E-state index contributed by atoms with van der Waals surface area (Å²) < 4.78 is 38.1. The molecule has 0 atom stereocenters. The van der Waals surface area contributed by atoms with Crippen molar-refractivity contribution in [3.63, 3.8) is 0 Å². The Hall–Kier alpha value is -2.45. The van der Waals surface area contributed by atoms with Gasteiger partial charge in [-0.1, -0.05) is 0 Å². The van der Waals surface area contributed by atoms with Gasteiger partial charge in [0.2, 0.25) is 0 Å². The number of nitrogens with two attached hydrogens (primary N) is 1. The van der Waals surface area contributed by atoms with Gasteiger partial charge in [-0.15, -0.1) is 0 Å². The molecule has 9 heteroatoms. The molecule has 0 bridgehead atoms. The van der Waals surface area contributed by atoms with E-state index in [1.54, 1.807) is 0 Å². The molecule has 5 N–H and O–H groups in total. The molecule has 0 saturated heterocycles. The first-order valence-corrected chi connectivity index (χ1v) is 4.55. The molecule has 1 heterocycles. The average molecular weight is 262 g/mol. The summed E-state index contributed by atoms with van der Waals surface area (Å²) >= 11 is 0. The van der Waals surface area contributed by atoms with Crippen molar-refractivity contribution in [1.82, 2.24) is 10.9 Å². The zero-order chi connectivity index (χ0) is 13.8. The average Bonchev–Trinajstić information content (AvgIpc) is 2.28. The molecular formula is C9H9F3N4O2. The lowest BCUT2D eigenvalue weighted by molar-refractivity contribution is -0.132. The number of allylic oxidation sites excluding steroid dienone is 1. The number of hydrazine groups is 1. The summed E-state index contributed by atoms with van der Waals surface area (Å²) in [4.78, 5) is 13.9.